The van der Waals surface area contributed by atoms with E-state index < -0.39 is 47.5 Å². The molecule has 0 bridgehead atoms. The number of carbonyl (C=O) groups is 3. The van der Waals surface area contributed by atoms with E-state index in [0.29, 0.717) is 5.56 Å². The highest BCUT2D eigenvalue weighted by Gasteiger charge is 2.61. The Balaban J connectivity index is 1.72. The van der Waals surface area contributed by atoms with Crippen molar-refractivity contribution in [3.8, 4) is 5.75 Å². The molecule has 4 rings (SSSR count). The molecule has 1 saturated heterocycles. The Labute approximate surface area is 161 Å². The molecule has 150 valence electrons. The maximum atomic E-state index is 13.4. The summed E-state index contributed by atoms with van der Waals surface area (Å²) < 4.78 is 54.9. The maximum Gasteiger partial charge on any atom is 0.573 e. The van der Waals surface area contributed by atoms with Gasteiger partial charge in [0, 0.05) is 11.3 Å². The number of anilines is 1. The average Bonchev–Trinajstić information content (AvgIpc) is 3.03. The molecule has 0 radical (unpaired) electrons. The zero-order valence-electron chi connectivity index (χ0n) is 14.5. The molecular weight excluding hydrogens is 396 g/mol. The van der Waals surface area contributed by atoms with Crippen molar-refractivity contribution in [2.45, 2.75) is 24.7 Å². The van der Waals surface area contributed by atoms with E-state index in [1.807, 2.05) is 0 Å². The smallest absolute Gasteiger partial charge is 0.406 e. The number of halogens is 4. The molecule has 2 aliphatic rings. The predicted molar refractivity (Wildman–Crippen MR) is 90.0 cm³/mol. The number of amides is 3. The van der Waals surface area contributed by atoms with Gasteiger partial charge in [-0.3, -0.25) is 19.3 Å². The van der Waals surface area contributed by atoms with Gasteiger partial charge in [-0.05, 0) is 35.9 Å². The summed E-state index contributed by atoms with van der Waals surface area (Å²) in [5.74, 6) is -3.56. The number of imide groups is 1. The largest absolute Gasteiger partial charge is 0.573 e. The number of alkyl halides is 3. The van der Waals surface area contributed by atoms with Crippen molar-refractivity contribution in [2.24, 2.45) is 0 Å². The summed E-state index contributed by atoms with van der Waals surface area (Å²) in [6.45, 7) is -0.265. The van der Waals surface area contributed by atoms with Crippen molar-refractivity contribution in [1.82, 2.24) is 4.90 Å². The van der Waals surface area contributed by atoms with Crippen molar-refractivity contribution in [3.63, 3.8) is 0 Å². The molecule has 6 nitrogen and oxygen atoms in total. The SMILES string of the molecule is O=C1CC2(C(=O)Nc3ccc(OC(F)(F)F)cc32)C(=O)N1Cc1cccc(F)c1. The van der Waals surface area contributed by atoms with Gasteiger partial charge in [-0.25, -0.2) is 4.39 Å². The molecule has 0 saturated carbocycles. The first-order chi connectivity index (χ1) is 13.6. The standard InChI is InChI=1S/C19H12F4N2O4/c20-11-3-1-2-10(6-11)9-25-15(26)8-18(17(25)28)13-7-12(29-19(21,22)23)4-5-14(13)24-16(18)27/h1-7H,8-9H2,(H,24,27). The number of hydrogen-bond acceptors (Lipinski definition) is 4. The second-order valence-corrected chi connectivity index (χ2v) is 6.71. The zero-order valence-corrected chi connectivity index (χ0v) is 14.5. The number of ether oxygens (including phenoxy) is 1. The minimum Gasteiger partial charge on any atom is -0.406 e. The number of nitrogens with zero attached hydrogens (tertiary/aromatic N) is 1. The molecule has 1 fully saturated rings. The lowest BCUT2D eigenvalue weighted by Gasteiger charge is -2.21. The van der Waals surface area contributed by atoms with Crippen LogP contribution in [0, 0.1) is 5.82 Å². The number of rotatable bonds is 3. The number of likely N-dealkylation sites (tertiary alicyclic amines) is 1. The Morgan fingerprint density at radius 1 is 1.10 bits per heavy atom. The lowest BCUT2D eigenvalue weighted by atomic mass is 9.80. The van der Waals surface area contributed by atoms with Crippen molar-refractivity contribution in [2.75, 3.05) is 5.32 Å². The van der Waals surface area contributed by atoms with Crippen molar-refractivity contribution in [1.29, 1.82) is 0 Å². The summed E-state index contributed by atoms with van der Waals surface area (Å²) in [5.41, 5.74) is -1.59. The van der Waals surface area contributed by atoms with Crippen LogP contribution in [0.2, 0.25) is 0 Å². The Hall–Kier alpha value is -3.43. The Morgan fingerprint density at radius 2 is 1.86 bits per heavy atom. The highest BCUT2D eigenvalue weighted by molar-refractivity contribution is 6.27. The third-order valence-corrected chi connectivity index (χ3v) is 4.88. The molecule has 2 aromatic rings. The van der Waals surface area contributed by atoms with E-state index in [2.05, 4.69) is 10.1 Å². The quantitative estimate of drug-likeness (QED) is 0.482. The Kier molecular flexibility index (Phi) is 4.10. The molecule has 1 atom stereocenters. The second-order valence-electron chi connectivity index (χ2n) is 6.71. The number of benzene rings is 2. The molecular formula is C19H12F4N2O4. The molecule has 2 aromatic carbocycles. The summed E-state index contributed by atoms with van der Waals surface area (Å²) in [4.78, 5) is 39.0. The van der Waals surface area contributed by atoms with Crippen LogP contribution in [0.15, 0.2) is 42.5 Å². The van der Waals surface area contributed by atoms with Crippen LogP contribution in [0.4, 0.5) is 23.2 Å². The number of carbonyl (C=O) groups excluding carboxylic acids is 3. The van der Waals surface area contributed by atoms with Gasteiger partial charge >= 0.3 is 6.36 Å². The Bertz CT molecular complexity index is 1050. The fourth-order valence-corrected chi connectivity index (χ4v) is 3.64. The monoisotopic (exact) mass is 408 g/mol. The third-order valence-electron chi connectivity index (χ3n) is 4.88. The first kappa shape index (κ1) is 18.9. The van der Waals surface area contributed by atoms with Gasteiger partial charge in [0.2, 0.25) is 17.7 Å². The number of hydrogen-bond donors (Lipinski definition) is 1. The summed E-state index contributed by atoms with van der Waals surface area (Å²) in [6.07, 6.45) is -5.51. The molecule has 1 unspecified atom stereocenters. The predicted octanol–water partition coefficient (Wildman–Crippen LogP) is 2.87. The summed E-state index contributed by atoms with van der Waals surface area (Å²) in [6, 6.07) is 8.35. The molecule has 1 spiro atoms. The fourth-order valence-electron chi connectivity index (χ4n) is 3.64. The maximum absolute atomic E-state index is 13.4. The first-order valence-corrected chi connectivity index (χ1v) is 8.41. The van der Waals surface area contributed by atoms with Crippen LogP contribution in [0.1, 0.15) is 17.5 Å². The molecule has 0 aliphatic carbocycles. The van der Waals surface area contributed by atoms with Crippen LogP contribution >= 0.6 is 0 Å². The molecule has 29 heavy (non-hydrogen) atoms. The minimum absolute atomic E-state index is 0.0654. The van der Waals surface area contributed by atoms with Crippen LogP contribution in [0.5, 0.6) is 5.75 Å². The molecule has 2 aliphatic heterocycles. The third kappa shape index (κ3) is 3.10. The van der Waals surface area contributed by atoms with E-state index in [9.17, 15) is 31.9 Å². The number of fused-ring (bicyclic) bond motifs is 2. The van der Waals surface area contributed by atoms with Gasteiger partial charge in [0.05, 0.1) is 13.0 Å². The molecule has 3 amide bonds. The lowest BCUT2D eigenvalue weighted by molar-refractivity contribution is -0.274. The van der Waals surface area contributed by atoms with Gasteiger partial charge in [0.15, 0.2) is 5.41 Å². The highest BCUT2D eigenvalue weighted by Crippen LogP contribution is 2.47. The zero-order chi connectivity index (χ0) is 21.0. The number of nitrogens with one attached hydrogen (secondary N) is 1. The van der Waals surface area contributed by atoms with Crippen LogP contribution in [-0.2, 0) is 26.3 Å². The van der Waals surface area contributed by atoms with Crippen LogP contribution < -0.4 is 10.1 Å². The van der Waals surface area contributed by atoms with Crippen molar-refractivity contribution in [3.05, 3.63) is 59.4 Å². The molecule has 0 aromatic heterocycles. The normalized spacial score (nSPS) is 21.0. The molecule has 1 N–H and O–H groups in total. The van der Waals surface area contributed by atoms with Crippen LogP contribution in [-0.4, -0.2) is 29.0 Å². The second kappa shape index (κ2) is 6.29. The first-order valence-electron chi connectivity index (χ1n) is 8.41. The van der Waals surface area contributed by atoms with E-state index in [4.69, 9.17) is 0 Å². The van der Waals surface area contributed by atoms with Crippen molar-refractivity contribution < 1.29 is 36.7 Å². The Morgan fingerprint density at radius 3 is 2.55 bits per heavy atom. The van der Waals surface area contributed by atoms with E-state index in [1.165, 1.54) is 24.3 Å². The van der Waals surface area contributed by atoms with E-state index >= 15 is 0 Å². The van der Waals surface area contributed by atoms with Gasteiger partial charge in [-0.15, -0.1) is 13.2 Å². The van der Waals surface area contributed by atoms with Crippen LogP contribution in [0.3, 0.4) is 0 Å². The van der Waals surface area contributed by atoms with E-state index in [1.54, 1.807) is 0 Å². The van der Waals surface area contributed by atoms with Crippen molar-refractivity contribution >= 4 is 23.4 Å². The molecule has 2 heterocycles. The van der Waals surface area contributed by atoms with Gasteiger partial charge < -0.3 is 10.1 Å². The van der Waals surface area contributed by atoms with Gasteiger partial charge in [-0.2, -0.15) is 0 Å². The van der Waals surface area contributed by atoms with E-state index in [0.717, 1.165) is 23.1 Å². The lowest BCUT2D eigenvalue weighted by Crippen LogP contribution is -2.43. The van der Waals surface area contributed by atoms with Gasteiger partial charge in [0.1, 0.15) is 11.6 Å². The summed E-state index contributed by atoms with van der Waals surface area (Å²) >= 11 is 0. The highest BCUT2D eigenvalue weighted by atomic mass is 19.4. The van der Waals surface area contributed by atoms with Crippen LogP contribution in [0.25, 0.3) is 0 Å². The summed E-state index contributed by atoms with van der Waals surface area (Å²) in [5, 5.41) is 2.43. The average molecular weight is 408 g/mol. The van der Waals surface area contributed by atoms with Gasteiger partial charge in [-0.1, -0.05) is 12.1 Å². The van der Waals surface area contributed by atoms with E-state index in [-0.39, 0.29) is 17.8 Å². The van der Waals surface area contributed by atoms with Gasteiger partial charge in [0.25, 0.3) is 0 Å². The summed E-state index contributed by atoms with van der Waals surface area (Å²) in [7, 11) is 0. The minimum atomic E-state index is -4.96. The topological polar surface area (TPSA) is 75.7 Å². The fraction of sp³-hybridized carbons (Fsp3) is 0.211. The molecule has 10 heteroatoms.